The molecule has 1 amide bonds. The topological polar surface area (TPSA) is 92.8 Å². The van der Waals surface area contributed by atoms with Crippen LogP contribution in [0.15, 0.2) is 46.7 Å². The van der Waals surface area contributed by atoms with Gasteiger partial charge in [-0.05, 0) is 43.3 Å². The third-order valence-electron chi connectivity index (χ3n) is 4.53. The Morgan fingerprint density at radius 1 is 1.25 bits per heavy atom. The third-order valence-corrected chi connectivity index (χ3v) is 7.24. The van der Waals surface area contributed by atoms with Crippen molar-refractivity contribution in [3.63, 3.8) is 0 Å². The Bertz CT molecular complexity index is 940. The monoisotopic (exact) mass is 422 g/mol. The number of nitrogens with one attached hydrogen (secondary N) is 1. The van der Waals surface area contributed by atoms with Gasteiger partial charge in [-0.1, -0.05) is 18.2 Å². The van der Waals surface area contributed by atoms with Gasteiger partial charge in [0.25, 0.3) is 0 Å². The molecule has 1 fully saturated rings. The number of hydrogen-bond acceptors (Lipinski definition) is 6. The Morgan fingerprint density at radius 2 is 2.00 bits per heavy atom. The summed E-state index contributed by atoms with van der Waals surface area (Å²) < 4.78 is 32.0. The molecule has 7 nitrogen and oxygen atoms in total. The molecule has 1 saturated heterocycles. The molecule has 1 aliphatic rings. The molecule has 1 atom stereocenters. The van der Waals surface area contributed by atoms with E-state index < -0.39 is 21.9 Å². The minimum atomic E-state index is -3.64. The number of rotatable bonds is 6. The Hall–Kier alpha value is -2.23. The van der Waals surface area contributed by atoms with Crippen LogP contribution < -0.4 is 5.32 Å². The summed E-state index contributed by atoms with van der Waals surface area (Å²) in [4.78, 5) is 24.9. The molecule has 2 aromatic rings. The van der Waals surface area contributed by atoms with Crippen molar-refractivity contribution < 1.29 is 22.7 Å². The summed E-state index contributed by atoms with van der Waals surface area (Å²) in [6.45, 7) is 2.46. The number of hydrogen-bond donors (Lipinski definition) is 1. The first-order chi connectivity index (χ1) is 13.4. The molecule has 150 valence electrons. The van der Waals surface area contributed by atoms with Crippen LogP contribution >= 0.6 is 11.3 Å². The van der Waals surface area contributed by atoms with Gasteiger partial charge in [0.05, 0.1) is 23.0 Å². The van der Waals surface area contributed by atoms with Crippen LogP contribution in [0.1, 0.15) is 30.1 Å². The molecule has 0 radical (unpaired) electrons. The maximum absolute atomic E-state index is 12.8. The molecule has 28 heavy (non-hydrogen) atoms. The number of piperidine rings is 1. The number of carbonyl (C=O) groups excluding carboxylic acids is 2. The highest BCUT2D eigenvalue weighted by molar-refractivity contribution is 7.89. The summed E-state index contributed by atoms with van der Waals surface area (Å²) >= 11 is 1.23. The second-order valence-electron chi connectivity index (χ2n) is 6.39. The van der Waals surface area contributed by atoms with E-state index in [1.54, 1.807) is 48.7 Å². The largest absolute Gasteiger partial charge is 0.462 e. The van der Waals surface area contributed by atoms with E-state index in [0.29, 0.717) is 30.0 Å². The van der Waals surface area contributed by atoms with E-state index in [4.69, 9.17) is 4.74 Å². The van der Waals surface area contributed by atoms with Crippen molar-refractivity contribution in [2.45, 2.75) is 24.7 Å². The van der Waals surface area contributed by atoms with E-state index in [0.717, 1.165) is 0 Å². The lowest BCUT2D eigenvalue weighted by molar-refractivity contribution is -0.120. The molecule has 2 heterocycles. The van der Waals surface area contributed by atoms with Crippen molar-refractivity contribution in [1.29, 1.82) is 0 Å². The van der Waals surface area contributed by atoms with E-state index in [9.17, 15) is 18.0 Å². The first-order valence-electron chi connectivity index (χ1n) is 9.04. The van der Waals surface area contributed by atoms with Crippen molar-refractivity contribution in [3.05, 3.63) is 47.3 Å². The highest BCUT2D eigenvalue weighted by Crippen LogP contribution is 2.28. The molecular formula is C19H22N2O5S2. The fourth-order valence-electron chi connectivity index (χ4n) is 3.11. The van der Waals surface area contributed by atoms with Crippen LogP contribution in [0.5, 0.6) is 0 Å². The van der Waals surface area contributed by atoms with E-state index in [-0.39, 0.29) is 24.0 Å². The summed E-state index contributed by atoms with van der Waals surface area (Å²) in [6.07, 6.45) is 1.19. The molecule has 3 rings (SSSR count). The van der Waals surface area contributed by atoms with Gasteiger partial charge in [0.1, 0.15) is 5.00 Å². The zero-order valence-corrected chi connectivity index (χ0v) is 17.1. The van der Waals surface area contributed by atoms with Gasteiger partial charge < -0.3 is 10.1 Å². The Balaban J connectivity index is 1.71. The van der Waals surface area contributed by atoms with Gasteiger partial charge in [0.15, 0.2) is 0 Å². The lowest BCUT2D eigenvalue weighted by Gasteiger charge is -2.31. The van der Waals surface area contributed by atoms with Crippen LogP contribution in [-0.2, 0) is 19.6 Å². The molecule has 1 N–H and O–H groups in total. The lowest BCUT2D eigenvalue weighted by Crippen LogP contribution is -2.43. The minimum absolute atomic E-state index is 0.114. The highest BCUT2D eigenvalue weighted by Gasteiger charge is 2.33. The predicted molar refractivity (Wildman–Crippen MR) is 107 cm³/mol. The average molecular weight is 423 g/mol. The van der Waals surface area contributed by atoms with Crippen LogP contribution in [0, 0.1) is 5.92 Å². The van der Waals surface area contributed by atoms with Crippen LogP contribution in [0.4, 0.5) is 5.00 Å². The Labute approximate surface area is 168 Å². The first kappa shape index (κ1) is 20.5. The molecule has 0 spiro atoms. The summed E-state index contributed by atoms with van der Waals surface area (Å²) in [5.74, 6) is -1.26. The van der Waals surface area contributed by atoms with Crippen molar-refractivity contribution >= 4 is 38.2 Å². The normalized spacial score (nSPS) is 17.8. The van der Waals surface area contributed by atoms with Gasteiger partial charge >= 0.3 is 5.97 Å². The summed E-state index contributed by atoms with van der Waals surface area (Å²) in [7, 11) is -3.64. The van der Waals surface area contributed by atoms with E-state index in [1.807, 2.05) is 0 Å². The molecule has 0 aliphatic carbocycles. The quantitative estimate of drug-likeness (QED) is 0.723. The van der Waals surface area contributed by atoms with Gasteiger partial charge in [-0.25, -0.2) is 13.2 Å². The average Bonchev–Trinajstić information content (AvgIpc) is 3.17. The first-order valence-corrected chi connectivity index (χ1v) is 11.4. The minimum Gasteiger partial charge on any atom is -0.462 e. The maximum atomic E-state index is 12.8. The zero-order chi connectivity index (χ0) is 20.1. The molecule has 1 unspecified atom stereocenters. The summed E-state index contributed by atoms with van der Waals surface area (Å²) in [6, 6.07) is 9.81. The fourth-order valence-corrected chi connectivity index (χ4v) is 5.43. The van der Waals surface area contributed by atoms with E-state index in [2.05, 4.69) is 5.32 Å². The Kier molecular flexibility index (Phi) is 6.48. The molecule has 0 bridgehead atoms. The molecule has 0 saturated carbocycles. The number of sulfonamides is 1. The number of benzene rings is 1. The number of carbonyl (C=O) groups is 2. The Morgan fingerprint density at radius 3 is 2.71 bits per heavy atom. The van der Waals surface area contributed by atoms with Crippen molar-refractivity contribution in [3.8, 4) is 0 Å². The van der Waals surface area contributed by atoms with Crippen molar-refractivity contribution in [2.75, 3.05) is 25.0 Å². The molecule has 1 aromatic heterocycles. The van der Waals surface area contributed by atoms with Gasteiger partial charge in [-0.2, -0.15) is 4.31 Å². The van der Waals surface area contributed by atoms with E-state index >= 15 is 0 Å². The predicted octanol–water partition coefficient (Wildman–Crippen LogP) is 2.96. The number of anilines is 1. The van der Waals surface area contributed by atoms with Crippen LogP contribution in [0.3, 0.4) is 0 Å². The van der Waals surface area contributed by atoms with Gasteiger partial charge in [0.2, 0.25) is 15.9 Å². The standard InChI is InChI=1S/C19H22N2O5S2/c1-2-26-19(23)16-10-12-27-18(16)20-17(22)14-7-6-11-21(13-14)28(24,25)15-8-4-3-5-9-15/h3-5,8-10,12,14H,2,6-7,11,13H2,1H3,(H,20,22). The van der Waals surface area contributed by atoms with Crippen LogP contribution in [0.25, 0.3) is 0 Å². The molecule has 9 heteroatoms. The van der Waals surface area contributed by atoms with Crippen molar-refractivity contribution in [2.24, 2.45) is 5.92 Å². The number of thiophene rings is 1. The van der Waals surface area contributed by atoms with Crippen LogP contribution in [-0.4, -0.2) is 44.3 Å². The summed E-state index contributed by atoms with van der Waals surface area (Å²) in [5, 5.41) is 4.89. The SMILES string of the molecule is CCOC(=O)c1ccsc1NC(=O)C1CCCN(S(=O)(=O)c2ccccc2)C1. The van der Waals surface area contributed by atoms with Gasteiger partial charge in [-0.3, -0.25) is 4.79 Å². The summed E-state index contributed by atoms with van der Waals surface area (Å²) in [5.41, 5.74) is 0.310. The zero-order valence-electron chi connectivity index (χ0n) is 15.5. The molecule has 1 aromatic carbocycles. The van der Waals surface area contributed by atoms with Gasteiger partial charge in [-0.15, -0.1) is 11.3 Å². The molecule has 1 aliphatic heterocycles. The maximum Gasteiger partial charge on any atom is 0.341 e. The van der Waals surface area contributed by atoms with Crippen LogP contribution in [0.2, 0.25) is 0 Å². The molecular weight excluding hydrogens is 400 g/mol. The third kappa shape index (κ3) is 4.43. The number of nitrogens with zero attached hydrogens (tertiary/aromatic N) is 1. The van der Waals surface area contributed by atoms with E-state index in [1.165, 1.54) is 15.6 Å². The lowest BCUT2D eigenvalue weighted by atomic mass is 9.99. The smallest absolute Gasteiger partial charge is 0.341 e. The second kappa shape index (κ2) is 8.85. The van der Waals surface area contributed by atoms with Gasteiger partial charge in [0, 0.05) is 13.1 Å². The number of ether oxygens (including phenoxy) is 1. The number of amides is 1. The fraction of sp³-hybridized carbons (Fsp3) is 0.368. The van der Waals surface area contributed by atoms with Crippen molar-refractivity contribution in [1.82, 2.24) is 4.31 Å². The number of esters is 1. The second-order valence-corrected chi connectivity index (χ2v) is 9.24. The highest BCUT2D eigenvalue weighted by atomic mass is 32.2.